The van der Waals surface area contributed by atoms with Crippen molar-refractivity contribution in [2.45, 2.75) is 84.8 Å². The molecule has 0 spiro atoms. The molecule has 0 aliphatic carbocycles. The molecule has 3 rings (SSSR count). The number of amides is 3. The van der Waals surface area contributed by atoms with Gasteiger partial charge in [0.15, 0.2) is 0 Å². The number of nitrogens with zero attached hydrogens (tertiary/aromatic N) is 2. The van der Waals surface area contributed by atoms with Gasteiger partial charge in [-0.05, 0) is 49.7 Å². The Hall–Kier alpha value is -3.27. The molecule has 9 nitrogen and oxygen atoms in total. The van der Waals surface area contributed by atoms with Crippen LogP contribution in [0.15, 0.2) is 29.8 Å². The molecule has 2 aromatic rings. The SMILES string of the molecule is COC(=O)CCCC(=O)NC(C(=O)N1CCCC1C(=O)NC(C)c1ccc(-c2scnc2C)cc1)C(C)(C)C. The molecule has 3 unspecified atom stereocenters. The van der Waals surface area contributed by atoms with Crippen LogP contribution in [0.3, 0.4) is 0 Å². The average Bonchev–Trinajstić information content (AvgIpc) is 3.55. The standard InChI is InChI=1S/C29H40N4O5S/c1-18(20-12-14-21(15-13-20)25-19(2)30-17-39-25)31-27(36)22-9-8-16-33(22)28(37)26(29(3,4)5)32-23(34)10-7-11-24(35)38-6/h12-15,17-18,22,26H,7-11,16H2,1-6H3,(H,31,36)(H,32,34). The van der Waals surface area contributed by atoms with Crippen LogP contribution in [0.4, 0.5) is 0 Å². The Kier molecular flexibility index (Phi) is 10.2. The van der Waals surface area contributed by atoms with Gasteiger partial charge in [0.1, 0.15) is 12.1 Å². The molecule has 39 heavy (non-hydrogen) atoms. The lowest BCUT2D eigenvalue weighted by Crippen LogP contribution is -2.57. The maximum atomic E-state index is 13.7. The summed E-state index contributed by atoms with van der Waals surface area (Å²) in [6.45, 7) is 10.0. The highest BCUT2D eigenvalue weighted by Gasteiger charge is 2.42. The highest BCUT2D eigenvalue weighted by molar-refractivity contribution is 7.13. The number of carbonyl (C=O) groups is 4. The number of likely N-dealkylation sites (tertiary alicyclic amines) is 1. The van der Waals surface area contributed by atoms with Gasteiger partial charge in [0, 0.05) is 19.4 Å². The third kappa shape index (κ3) is 7.88. The maximum Gasteiger partial charge on any atom is 0.305 e. The van der Waals surface area contributed by atoms with Gasteiger partial charge in [-0.25, -0.2) is 4.98 Å². The van der Waals surface area contributed by atoms with E-state index in [9.17, 15) is 19.2 Å². The molecule has 0 radical (unpaired) electrons. The lowest BCUT2D eigenvalue weighted by Gasteiger charge is -2.35. The summed E-state index contributed by atoms with van der Waals surface area (Å²) in [6.07, 6.45) is 1.86. The zero-order valence-electron chi connectivity index (χ0n) is 23.7. The molecule has 212 valence electrons. The van der Waals surface area contributed by atoms with E-state index in [0.29, 0.717) is 25.8 Å². The van der Waals surface area contributed by atoms with E-state index in [2.05, 4.69) is 20.4 Å². The van der Waals surface area contributed by atoms with E-state index in [1.165, 1.54) is 7.11 Å². The Morgan fingerprint density at radius 2 is 1.82 bits per heavy atom. The number of aryl methyl sites for hydroxylation is 1. The van der Waals surface area contributed by atoms with E-state index in [0.717, 1.165) is 21.7 Å². The van der Waals surface area contributed by atoms with Crippen LogP contribution < -0.4 is 10.6 Å². The summed E-state index contributed by atoms with van der Waals surface area (Å²) in [7, 11) is 1.31. The first-order chi connectivity index (χ1) is 18.4. The van der Waals surface area contributed by atoms with Gasteiger partial charge in [-0.2, -0.15) is 0 Å². The molecular formula is C29H40N4O5S. The third-order valence-electron chi connectivity index (χ3n) is 7.05. The van der Waals surface area contributed by atoms with Crippen molar-refractivity contribution >= 4 is 35.0 Å². The maximum absolute atomic E-state index is 13.7. The van der Waals surface area contributed by atoms with E-state index in [-0.39, 0.29) is 42.6 Å². The van der Waals surface area contributed by atoms with E-state index in [1.54, 1.807) is 16.2 Å². The minimum atomic E-state index is -0.795. The average molecular weight is 557 g/mol. The van der Waals surface area contributed by atoms with Crippen molar-refractivity contribution in [3.8, 4) is 10.4 Å². The molecule has 3 amide bonds. The number of hydrogen-bond donors (Lipinski definition) is 2. The molecular weight excluding hydrogens is 516 g/mol. The molecule has 2 N–H and O–H groups in total. The lowest BCUT2D eigenvalue weighted by atomic mass is 9.85. The second kappa shape index (κ2) is 13.2. The monoisotopic (exact) mass is 556 g/mol. The molecule has 3 atom stereocenters. The summed E-state index contributed by atoms with van der Waals surface area (Å²) in [4.78, 5) is 58.0. The largest absolute Gasteiger partial charge is 0.469 e. The Balaban J connectivity index is 1.64. The number of esters is 1. The minimum Gasteiger partial charge on any atom is -0.469 e. The van der Waals surface area contributed by atoms with Crippen LogP contribution in [0.25, 0.3) is 10.4 Å². The Bertz CT molecular complexity index is 1170. The summed E-state index contributed by atoms with van der Waals surface area (Å²) >= 11 is 1.60. The van der Waals surface area contributed by atoms with Crippen molar-refractivity contribution in [2.75, 3.05) is 13.7 Å². The molecule has 0 saturated carbocycles. The van der Waals surface area contributed by atoms with Crippen molar-refractivity contribution in [2.24, 2.45) is 5.41 Å². The number of ether oxygens (including phenoxy) is 1. The number of rotatable bonds is 10. The Morgan fingerprint density at radius 3 is 2.41 bits per heavy atom. The topological polar surface area (TPSA) is 118 Å². The van der Waals surface area contributed by atoms with Gasteiger partial charge in [-0.1, -0.05) is 45.0 Å². The third-order valence-corrected chi connectivity index (χ3v) is 8.02. The van der Waals surface area contributed by atoms with E-state index in [1.807, 2.05) is 64.4 Å². The fourth-order valence-electron chi connectivity index (χ4n) is 4.74. The van der Waals surface area contributed by atoms with E-state index < -0.39 is 17.5 Å². The summed E-state index contributed by atoms with van der Waals surface area (Å²) in [5, 5.41) is 5.93. The van der Waals surface area contributed by atoms with Crippen LogP contribution in [0.2, 0.25) is 0 Å². The molecule has 1 aromatic carbocycles. The second-order valence-corrected chi connectivity index (χ2v) is 12.0. The molecule has 10 heteroatoms. The van der Waals surface area contributed by atoms with Crippen molar-refractivity contribution in [1.82, 2.24) is 20.5 Å². The number of methoxy groups -OCH3 is 1. The van der Waals surface area contributed by atoms with Crippen LogP contribution >= 0.6 is 11.3 Å². The van der Waals surface area contributed by atoms with Gasteiger partial charge < -0.3 is 20.3 Å². The molecule has 0 bridgehead atoms. The van der Waals surface area contributed by atoms with Crippen LogP contribution in [0, 0.1) is 12.3 Å². The van der Waals surface area contributed by atoms with Crippen molar-refractivity contribution in [1.29, 1.82) is 0 Å². The fraction of sp³-hybridized carbons (Fsp3) is 0.552. The summed E-state index contributed by atoms with van der Waals surface area (Å²) in [5.74, 6) is -1.15. The van der Waals surface area contributed by atoms with Crippen molar-refractivity contribution in [3.63, 3.8) is 0 Å². The number of aromatic nitrogens is 1. The summed E-state index contributed by atoms with van der Waals surface area (Å²) in [5.41, 5.74) is 4.31. The van der Waals surface area contributed by atoms with Gasteiger partial charge >= 0.3 is 5.97 Å². The van der Waals surface area contributed by atoms with Crippen LogP contribution in [0.5, 0.6) is 0 Å². The molecule has 1 saturated heterocycles. The van der Waals surface area contributed by atoms with E-state index >= 15 is 0 Å². The Labute approximate surface area is 234 Å². The van der Waals surface area contributed by atoms with Crippen LogP contribution in [0.1, 0.15) is 77.1 Å². The first kappa shape index (κ1) is 30.3. The quantitative estimate of drug-likeness (QED) is 0.425. The van der Waals surface area contributed by atoms with Crippen molar-refractivity contribution in [3.05, 3.63) is 41.0 Å². The molecule has 1 fully saturated rings. The Morgan fingerprint density at radius 1 is 1.13 bits per heavy atom. The zero-order valence-corrected chi connectivity index (χ0v) is 24.5. The second-order valence-electron chi connectivity index (χ2n) is 11.1. The number of nitrogens with one attached hydrogen (secondary N) is 2. The normalized spacial score (nSPS) is 16.9. The first-order valence-corrected chi connectivity index (χ1v) is 14.3. The van der Waals surface area contributed by atoms with Gasteiger partial charge in [-0.15, -0.1) is 11.3 Å². The summed E-state index contributed by atoms with van der Waals surface area (Å²) in [6, 6.07) is 6.44. The zero-order chi connectivity index (χ0) is 28.7. The predicted molar refractivity (Wildman–Crippen MR) is 151 cm³/mol. The molecule has 1 aromatic heterocycles. The lowest BCUT2D eigenvalue weighted by molar-refractivity contribution is -0.144. The minimum absolute atomic E-state index is 0.109. The van der Waals surface area contributed by atoms with Crippen LogP contribution in [-0.4, -0.2) is 59.3 Å². The van der Waals surface area contributed by atoms with Gasteiger partial charge in [0.25, 0.3) is 0 Å². The smallest absolute Gasteiger partial charge is 0.305 e. The van der Waals surface area contributed by atoms with Gasteiger partial charge in [-0.3, -0.25) is 19.2 Å². The number of carbonyl (C=O) groups excluding carboxylic acids is 4. The highest BCUT2D eigenvalue weighted by Crippen LogP contribution is 2.29. The predicted octanol–water partition coefficient (Wildman–Crippen LogP) is 4.16. The molecule has 2 heterocycles. The van der Waals surface area contributed by atoms with Crippen LogP contribution in [-0.2, 0) is 23.9 Å². The van der Waals surface area contributed by atoms with Crippen molar-refractivity contribution < 1.29 is 23.9 Å². The fourth-order valence-corrected chi connectivity index (χ4v) is 5.55. The molecule has 1 aliphatic rings. The van der Waals surface area contributed by atoms with E-state index in [4.69, 9.17) is 0 Å². The number of thiazole rings is 1. The highest BCUT2D eigenvalue weighted by atomic mass is 32.1. The summed E-state index contributed by atoms with van der Waals surface area (Å²) < 4.78 is 4.62. The first-order valence-electron chi connectivity index (χ1n) is 13.4. The van der Waals surface area contributed by atoms with Gasteiger partial charge in [0.2, 0.25) is 17.7 Å². The van der Waals surface area contributed by atoms with Gasteiger partial charge in [0.05, 0.1) is 29.2 Å². The molecule has 1 aliphatic heterocycles. The number of hydrogen-bond acceptors (Lipinski definition) is 7. The number of benzene rings is 1.